The van der Waals surface area contributed by atoms with Gasteiger partial charge in [0.2, 0.25) is 11.8 Å². The number of hydrogen-bond acceptors (Lipinski definition) is 3. The molecular weight excluding hydrogens is 194 g/mol. The maximum atomic E-state index is 11.5. The van der Waals surface area contributed by atoms with E-state index in [2.05, 4.69) is 10.6 Å². The number of nitrogens with one attached hydrogen (secondary N) is 2. The van der Waals surface area contributed by atoms with E-state index in [1.165, 1.54) is 0 Å². The third kappa shape index (κ3) is 4.29. The zero-order chi connectivity index (χ0) is 11.5. The average molecular weight is 213 g/mol. The van der Waals surface area contributed by atoms with Gasteiger partial charge in [-0.3, -0.25) is 9.59 Å². The second-order valence-corrected chi connectivity index (χ2v) is 4.79. The fourth-order valence-electron chi connectivity index (χ4n) is 1.44. The van der Waals surface area contributed by atoms with Crippen molar-refractivity contribution >= 4 is 11.8 Å². The minimum absolute atomic E-state index is 0.00897. The van der Waals surface area contributed by atoms with E-state index in [1.54, 1.807) is 4.90 Å². The van der Waals surface area contributed by atoms with E-state index in [0.717, 1.165) is 6.54 Å². The van der Waals surface area contributed by atoms with Crippen molar-refractivity contribution < 1.29 is 9.59 Å². The summed E-state index contributed by atoms with van der Waals surface area (Å²) >= 11 is 0. The minimum atomic E-state index is -0.242. The molecule has 0 spiro atoms. The highest BCUT2D eigenvalue weighted by Crippen LogP contribution is 1.99. The molecule has 0 aromatic rings. The monoisotopic (exact) mass is 213 g/mol. The zero-order valence-corrected chi connectivity index (χ0v) is 9.59. The number of rotatable bonds is 2. The maximum absolute atomic E-state index is 11.5. The first-order chi connectivity index (χ1) is 6.88. The number of piperazine rings is 1. The Morgan fingerprint density at radius 1 is 1.53 bits per heavy atom. The average Bonchev–Trinajstić information content (AvgIpc) is 2.05. The largest absolute Gasteiger partial charge is 0.350 e. The Labute approximate surface area is 90.2 Å². The Morgan fingerprint density at radius 3 is 2.73 bits per heavy atom. The van der Waals surface area contributed by atoms with Gasteiger partial charge in [-0.2, -0.15) is 0 Å². The van der Waals surface area contributed by atoms with Gasteiger partial charge >= 0.3 is 0 Å². The predicted octanol–water partition coefficient (Wildman–Crippen LogP) is -0.667. The van der Waals surface area contributed by atoms with Crippen molar-refractivity contribution in [3.05, 3.63) is 0 Å². The van der Waals surface area contributed by atoms with E-state index in [1.807, 2.05) is 20.8 Å². The molecule has 0 aliphatic carbocycles. The molecule has 0 unspecified atom stereocenters. The van der Waals surface area contributed by atoms with Crippen LogP contribution in [0.25, 0.3) is 0 Å². The summed E-state index contributed by atoms with van der Waals surface area (Å²) in [6, 6.07) is 0. The molecule has 86 valence electrons. The molecule has 0 atom stereocenters. The normalized spacial score (nSPS) is 17.8. The third-order valence-corrected chi connectivity index (χ3v) is 2.04. The summed E-state index contributed by atoms with van der Waals surface area (Å²) in [5.74, 6) is -0.108. The van der Waals surface area contributed by atoms with Crippen LogP contribution in [-0.4, -0.2) is 48.4 Å². The van der Waals surface area contributed by atoms with Crippen LogP contribution >= 0.6 is 0 Å². The fourth-order valence-corrected chi connectivity index (χ4v) is 1.44. The van der Waals surface area contributed by atoms with Gasteiger partial charge in [-0.25, -0.2) is 0 Å². The molecule has 0 aromatic heterocycles. The summed E-state index contributed by atoms with van der Waals surface area (Å²) < 4.78 is 0. The summed E-state index contributed by atoms with van der Waals surface area (Å²) in [7, 11) is 0. The van der Waals surface area contributed by atoms with Gasteiger partial charge in [0.05, 0.1) is 13.1 Å². The summed E-state index contributed by atoms with van der Waals surface area (Å²) in [6.45, 7) is 7.63. The van der Waals surface area contributed by atoms with E-state index in [0.29, 0.717) is 13.1 Å². The van der Waals surface area contributed by atoms with Crippen LogP contribution in [0.15, 0.2) is 0 Å². The minimum Gasteiger partial charge on any atom is -0.350 e. The van der Waals surface area contributed by atoms with Crippen molar-refractivity contribution in [2.24, 2.45) is 0 Å². The zero-order valence-electron chi connectivity index (χ0n) is 9.59. The van der Waals surface area contributed by atoms with Gasteiger partial charge in [-0.15, -0.1) is 0 Å². The molecule has 1 aliphatic rings. The highest BCUT2D eigenvalue weighted by molar-refractivity contribution is 5.86. The number of nitrogens with zero attached hydrogens (tertiary/aromatic N) is 1. The summed E-state index contributed by atoms with van der Waals surface area (Å²) in [4.78, 5) is 24.5. The second kappa shape index (κ2) is 4.61. The molecular formula is C10H19N3O2. The lowest BCUT2D eigenvalue weighted by Crippen LogP contribution is -2.53. The SMILES string of the molecule is CC(C)(C)NC(=O)CN1CCNCC1=O. The summed E-state index contributed by atoms with van der Waals surface area (Å²) in [6.07, 6.45) is 0. The fraction of sp³-hybridized carbons (Fsp3) is 0.800. The van der Waals surface area contributed by atoms with E-state index >= 15 is 0 Å². The van der Waals surface area contributed by atoms with Crippen LogP contribution in [0, 0.1) is 0 Å². The lowest BCUT2D eigenvalue weighted by atomic mass is 10.1. The molecule has 0 aromatic carbocycles. The summed E-state index contributed by atoms with van der Waals surface area (Å²) in [5.41, 5.74) is -0.242. The molecule has 0 radical (unpaired) electrons. The van der Waals surface area contributed by atoms with Gasteiger partial charge in [0, 0.05) is 18.6 Å². The Bertz CT molecular complexity index is 258. The molecule has 15 heavy (non-hydrogen) atoms. The number of hydrogen-bond donors (Lipinski definition) is 2. The second-order valence-electron chi connectivity index (χ2n) is 4.79. The van der Waals surface area contributed by atoms with E-state index in [-0.39, 0.29) is 23.9 Å². The van der Waals surface area contributed by atoms with E-state index in [4.69, 9.17) is 0 Å². The van der Waals surface area contributed by atoms with Gasteiger partial charge in [-0.1, -0.05) is 0 Å². The van der Waals surface area contributed by atoms with Crippen molar-refractivity contribution in [3.8, 4) is 0 Å². The van der Waals surface area contributed by atoms with E-state index < -0.39 is 0 Å². The highest BCUT2D eigenvalue weighted by atomic mass is 16.2. The molecule has 1 heterocycles. The Hall–Kier alpha value is -1.10. The van der Waals surface area contributed by atoms with E-state index in [9.17, 15) is 9.59 Å². The Morgan fingerprint density at radius 2 is 2.20 bits per heavy atom. The van der Waals surface area contributed by atoms with Crippen molar-refractivity contribution in [1.82, 2.24) is 15.5 Å². The van der Waals surface area contributed by atoms with Crippen molar-refractivity contribution in [1.29, 1.82) is 0 Å². The molecule has 1 saturated heterocycles. The third-order valence-electron chi connectivity index (χ3n) is 2.04. The number of amides is 2. The quantitative estimate of drug-likeness (QED) is 0.639. The molecule has 0 saturated carbocycles. The topological polar surface area (TPSA) is 61.4 Å². The first kappa shape index (κ1) is 12.0. The van der Waals surface area contributed by atoms with Gasteiger partial charge < -0.3 is 15.5 Å². The molecule has 1 aliphatic heterocycles. The van der Waals surface area contributed by atoms with Gasteiger partial charge in [-0.05, 0) is 20.8 Å². The van der Waals surface area contributed by atoms with Gasteiger partial charge in [0.1, 0.15) is 0 Å². The molecule has 5 heteroatoms. The first-order valence-corrected chi connectivity index (χ1v) is 5.18. The van der Waals surface area contributed by atoms with Crippen molar-refractivity contribution in [2.75, 3.05) is 26.2 Å². The molecule has 1 rings (SSSR count). The first-order valence-electron chi connectivity index (χ1n) is 5.18. The standard InChI is InChI=1S/C10H19N3O2/c1-10(2,3)12-8(14)7-13-5-4-11-6-9(13)15/h11H,4-7H2,1-3H3,(H,12,14). The van der Waals surface area contributed by atoms with Gasteiger partial charge in [0.15, 0.2) is 0 Å². The summed E-state index contributed by atoms with van der Waals surface area (Å²) in [5, 5.41) is 5.80. The lowest BCUT2D eigenvalue weighted by molar-refractivity contribution is -0.137. The number of carbonyl (C=O) groups excluding carboxylic acids is 2. The Kier molecular flexibility index (Phi) is 3.68. The molecule has 2 N–H and O–H groups in total. The molecule has 2 amide bonds. The van der Waals surface area contributed by atoms with Crippen LogP contribution in [-0.2, 0) is 9.59 Å². The smallest absolute Gasteiger partial charge is 0.240 e. The van der Waals surface area contributed by atoms with Crippen LogP contribution in [0.4, 0.5) is 0 Å². The lowest BCUT2D eigenvalue weighted by Gasteiger charge is -2.28. The van der Waals surface area contributed by atoms with Crippen LogP contribution < -0.4 is 10.6 Å². The Balaban J connectivity index is 2.40. The molecule has 5 nitrogen and oxygen atoms in total. The van der Waals surface area contributed by atoms with Crippen LogP contribution in [0.2, 0.25) is 0 Å². The molecule has 0 bridgehead atoms. The highest BCUT2D eigenvalue weighted by Gasteiger charge is 2.22. The van der Waals surface area contributed by atoms with Gasteiger partial charge in [0.25, 0.3) is 0 Å². The number of carbonyl (C=O) groups is 2. The van der Waals surface area contributed by atoms with Crippen LogP contribution in [0.1, 0.15) is 20.8 Å². The predicted molar refractivity (Wildman–Crippen MR) is 57.3 cm³/mol. The van der Waals surface area contributed by atoms with Crippen molar-refractivity contribution in [3.63, 3.8) is 0 Å². The van der Waals surface area contributed by atoms with Crippen LogP contribution in [0.5, 0.6) is 0 Å². The molecule has 1 fully saturated rings. The van der Waals surface area contributed by atoms with Crippen LogP contribution in [0.3, 0.4) is 0 Å². The van der Waals surface area contributed by atoms with Crippen molar-refractivity contribution in [2.45, 2.75) is 26.3 Å². The maximum Gasteiger partial charge on any atom is 0.240 e.